The highest BCUT2D eigenvalue weighted by Gasteiger charge is 2.25. The van der Waals surface area contributed by atoms with E-state index in [1.54, 1.807) is 23.0 Å². The van der Waals surface area contributed by atoms with Crippen LogP contribution in [0.1, 0.15) is 5.56 Å². The van der Waals surface area contributed by atoms with Gasteiger partial charge < -0.3 is 0 Å². The molecule has 0 bridgehead atoms. The lowest BCUT2D eigenvalue weighted by Gasteiger charge is -2.09. The van der Waals surface area contributed by atoms with Crippen LogP contribution in [-0.2, 0) is 10.0 Å². The molecule has 0 unspecified atom stereocenters. The number of hydrogen-bond donors (Lipinski definition) is 1. The molecule has 4 rings (SSSR count). The molecule has 1 N–H and O–H groups in total. The third kappa shape index (κ3) is 3.76. The van der Waals surface area contributed by atoms with E-state index in [0.29, 0.717) is 11.4 Å². The molecule has 2 aromatic heterocycles. The van der Waals surface area contributed by atoms with Gasteiger partial charge in [0.2, 0.25) is 0 Å². The van der Waals surface area contributed by atoms with Gasteiger partial charge in [-0.05, 0) is 54.3 Å². The first-order valence-corrected chi connectivity index (χ1v) is 11.6. The first-order chi connectivity index (χ1) is 13.4. The molecule has 0 aliphatic carbocycles. The number of thiophene rings is 1. The minimum Gasteiger partial charge on any atom is -0.280 e. The van der Waals surface area contributed by atoms with E-state index in [4.69, 9.17) is 0 Å². The summed E-state index contributed by atoms with van der Waals surface area (Å²) in [5.74, 6) is 0. The normalized spacial score (nSPS) is 11.5. The van der Waals surface area contributed by atoms with E-state index in [1.807, 2.05) is 60.8 Å². The van der Waals surface area contributed by atoms with Crippen molar-refractivity contribution in [3.05, 3.63) is 82.3 Å². The molecule has 2 heterocycles. The van der Waals surface area contributed by atoms with E-state index in [0.717, 1.165) is 20.6 Å². The van der Waals surface area contributed by atoms with Gasteiger partial charge in [0.15, 0.2) is 0 Å². The topological polar surface area (TPSA) is 64.0 Å². The minimum atomic E-state index is -3.83. The molecular weight excluding hydrogens is 458 g/mol. The summed E-state index contributed by atoms with van der Waals surface area (Å²) >= 11 is 4.88. The summed E-state index contributed by atoms with van der Waals surface area (Å²) in [5, 5.41) is 6.46. The van der Waals surface area contributed by atoms with Crippen molar-refractivity contribution in [2.75, 3.05) is 4.72 Å². The van der Waals surface area contributed by atoms with Crippen molar-refractivity contribution >= 4 is 43.0 Å². The molecule has 28 heavy (non-hydrogen) atoms. The third-order valence-electron chi connectivity index (χ3n) is 4.16. The molecule has 0 aliphatic heterocycles. The van der Waals surface area contributed by atoms with Gasteiger partial charge in [-0.2, -0.15) is 5.10 Å². The van der Waals surface area contributed by atoms with E-state index >= 15 is 0 Å². The first kappa shape index (κ1) is 18.9. The highest BCUT2D eigenvalue weighted by atomic mass is 79.9. The van der Waals surface area contributed by atoms with Gasteiger partial charge in [-0.1, -0.05) is 40.2 Å². The van der Waals surface area contributed by atoms with Crippen molar-refractivity contribution in [2.45, 2.75) is 11.8 Å². The number of halogens is 1. The molecule has 0 fully saturated rings. The standard InChI is InChI=1S/C20H16BrN3O2S2/c1-14-12-15(9-10-17(14)21)23-28(25,26)19-13-24(16-6-3-2-4-7-16)22-20(19)18-8-5-11-27-18/h2-13,23H,1H3. The van der Waals surface area contributed by atoms with Crippen LogP contribution in [0.3, 0.4) is 0 Å². The molecule has 0 spiro atoms. The molecular formula is C20H16BrN3O2S2. The van der Waals surface area contributed by atoms with Crippen LogP contribution >= 0.6 is 27.3 Å². The van der Waals surface area contributed by atoms with E-state index in [9.17, 15) is 8.42 Å². The predicted octanol–water partition coefficient (Wildman–Crippen LogP) is 5.47. The average molecular weight is 474 g/mol. The fraction of sp³-hybridized carbons (Fsp3) is 0.0500. The smallest absolute Gasteiger partial charge is 0.265 e. The Kier molecular flexibility index (Phi) is 5.09. The number of nitrogens with zero attached hydrogens (tertiary/aromatic N) is 2. The van der Waals surface area contributed by atoms with Gasteiger partial charge in [0.1, 0.15) is 10.6 Å². The monoisotopic (exact) mass is 473 g/mol. The fourth-order valence-electron chi connectivity index (χ4n) is 2.77. The van der Waals surface area contributed by atoms with E-state index in [1.165, 1.54) is 11.3 Å². The largest absolute Gasteiger partial charge is 0.280 e. The second-order valence-corrected chi connectivity index (χ2v) is 9.62. The summed E-state index contributed by atoms with van der Waals surface area (Å²) in [6.07, 6.45) is 1.55. The molecule has 0 atom stereocenters. The van der Waals surface area contributed by atoms with Gasteiger partial charge in [-0.3, -0.25) is 4.72 Å². The van der Waals surface area contributed by atoms with Crippen molar-refractivity contribution in [1.29, 1.82) is 0 Å². The maximum atomic E-state index is 13.2. The van der Waals surface area contributed by atoms with Crippen LogP contribution in [-0.4, -0.2) is 18.2 Å². The number of benzene rings is 2. The van der Waals surface area contributed by atoms with Gasteiger partial charge in [0, 0.05) is 10.2 Å². The molecule has 0 saturated heterocycles. The lowest BCUT2D eigenvalue weighted by atomic mass is 10.2. The summed E-state index contributed by atoms with van der Waals surface area (Å²) in [4.78, 5) is 0.932. The second kappa shape index (κ2) is 7.54. The fourth-order valence-corrected chi connectivity index (χ4v) is 5.00. The lowest BCUT2D eigenvalue weighted by Crippen LogP contribution is -2.13. The quantitative estimate of drug-likeness (QED) is 0.417. The summed E-state index contributed by atoms with van der Waals surface area (Å²) in [7, 11) is -3.83. The Morgan fingerprint density at radius 2 is 1.86 bits per heavy atom. The van der Waals surface area contributed by atoms with Gasteiger partial charge in [-0.25, -0.2) is 13.1 Å². The number of rotatable bonds is 5. The van der Waals surface area contributed by atoms with E-state index in [-0.39, 0.29) is 4.90 Å². The molecule has 5 nitrogen and oxygen atoms in total. The Balaban J connectivity index is 1.80. The Labute approximate surface area is 175 Å². The Morgan fingerprint density at radius 1 is 1.07 bits per heavy atom. The Hall–Kier alpha value is -2.42. The van der Waals surface area contributed by atoms with Crippen LogP contribution in [0.4, 0.5) is 5.69 Å². The molecule has 0 radical (unpaired) electrons. The van der Waals surface area contributed by atoms with Gasteiger partial charge in [-0.15, -0.1) is 11.3 Å². The maximum Gasteiger partial charge on any atom is 0.265 e. The van der Waals surface area contributed by atoms with E-state index in [2.05, 4.69) is 25.8 Å². The SMILES string of the molecule is Cc1cc(NS(=O)(=O)c2cn(-c3ccccc3)nc2-c2cccs2)ccc1Br. The second-order valence-electron chi connectivity index (χ2n) is 6.17. The summed E-state index contributed by atoms with van der Waals surface area (Å²) in [6, 6.07) is 18.5. The number of anilines is 1. The van der Waals surface area contributed by atoms with Crippen molar-refractivity contribution < 1.29 is 8.42 Å². The minimum absolute atomic E-state index is 0.138. The zero-order valence-electron chi connectivity index (χ0n) is 14.8. The summed E-state index contributed by atoms with van der Waals surface area (Å²) in [5.41, 5.74) is 2.67. The van der Waals surface area contributed by atoms with Gasteiger partial charge in [0.05, 0.1) is 16.8 Å². The molecule has 0 aliphatic rings. The maximum absolute atomic E-state index is 13.2. The highest BCUT2D eigenvalue weighted by molar-refractivity contribution is 9.10. The van der Waals surface area contributed by atoms with Crippen molar-refractivity contribution in [3.8, 4) is 16.3 Å². The van der Waals surface area contributed by atoms with Crippen LogP contribution in [0.5, 0.6) is 0 Å². The third-order valence-corrected chi connectivity index (χ3v) is 7.30. The number of hydrogen-bond acceptors (Lipinski definition) is 4. The van der Waals surface area contributed by atoms with Gasteiger partial charge in [0.25, 0.3) is 10.0 Å². The predicted molar refractivity (Wildman–Crippen MR) is 117 cm³/mol. The van der Waals surface area contributed by atoms with Crippen LogP contribution in [0.15, 0.2) is 81.6 Å². The number of aromatic nitrogens is 2. The average Bonchev–Trinajstić information content (AvgIpc) is 3.35. The van der Waals surface area contributed by atoms with Crippen molar-refractivity contribution in [3.63, 3.8) is 0 Å². The van der Waals surface area contributed by atoms with Gasteiger partial charge >= 0.3 is 0 Å². The van der Waals surface area contributed by atoms with Crippen molar-refractivity contribution in [1.82, 2.24) is 9.78 Å². The molecule has 142 valence electrons. The van der Waals surface area contributed by atoms with Crippen LogP contribution < -0.4 is 4.72 Å². The number of sulfonamides is 1. The zero-order chi connectivity index (χ0) is 19.7. The molecule has 0 saturated carbocycles. The zero-order valence-corrected chi connectivity index (χ0v) is 18.1. The van der Waals surface area contributed by atoms with E-state index < -0.39 is 10.0 Å². The molecule has 8 heteroatoms. The lowest BCUT2D eigenvalue weighted by molar-refractivity contribution is 0.601. The summed E-state index contributed by atoms with van der Waals surface area (Å²) in [6.45, 7) is 1.91. The Morgan fingerprint density at radius 3 is 2.54 bits per heavy atom. The molecule has 0 amide bonds. The van der Waals surface area contributed by atoms with Crippen LogP contribution in [0.2, 0.25) is 0 Å². The molecule has 2 aromatic carbocycles. The number of nitrogens with one attached hydrogen (secondary N) is 1. The first-order valence-electron chi connectivity index (χ1n) is 8.42. The number of para-hydroxylation sites is 1. The molecule has 4 aromatic rings. The number of aryl methyl sites for hydroxylation is 1. The van der Waals surface area contributed by atoms with Crippen LogP contribution in [0, 0.1) is 6.92 Å². The Bertz CT molecular complexity index is 1220. The highest BCUT2D eigenvalue weighted by Crippen LogP contribution is 2.32. The summed E-state index contributed by atoms with van der Waals surface area (Å²) < 4.78 is 31.6. The van der Waals surface area contributed by atoms with Crippen LogP contribution in [0.25, 0.3) is 16.3 Å². The van der Waals surface area contributed by atoms with Crippen molar-refractivity contribution in [2.24, 2.45) is 0 Å².